The maximum atomic E-state index is 5.99. The predicted molar refractivity (Wildman–Crippen MR) is 115 cm³/mol. The molecule has 0 spiro atoms. The molecule has 0 amide bonds. The Hall–Kier alpha value is -2.08. The molecule has 146 valence electrons. The number of ether oxygens (including phenoxy) is 2. The number of hydrogen-bond donors (Lipinski definition) is 0. The molecule has 0 aliphatic carbocycles. The van der Waals surface area contributed by atoms with Gasteiger partial charge in [-0.1, -0.05) is 35.0 Å². The van der Waals surface area contributed by atoms with Crippen LogP contribution in [-0.2, 0) is 7.05 Å². The molecule has 0 radical (unpaired) electrons. The van der Waals surface area contributed by atoms with Gasteiger partial charge in [-0.3, -0.25) is 0 Å². The SMILES string of the molecule is CC(Oc1ccc(Sc2ccc(Oc3c(C)c(C)nn3C)cc2)cc1)=C(Cl)Cl. The normalized spacial score (nSPS) is 10.6. The number of nitrogens with zero attached hydrogens (tertiary/aromatic N) is 2. The minimum Gasteiger partial charge on any atom is -0.460 e. The lowest BCUT2D eigenvalue weighted by atomic mass is 10.3. The fourth-order valence-electron chi connectivity index (χ4n) is 2.50. The molecule has 0 aliphatic heterocycles. The number of rotatable bonds is 6. The first kappa shape index (κ1) is 20.6. The summed E-state index contributed by atoms with van der Waals surface area (Å²) in [6.07, 6.45) is 0. The van der Waals surface area contributed by atoms with Gasteiger partial charge in [0.05, 0.1) is 5.69 Å². The minimum absolute atomic E-state index is 0.122. The lowest BCUT2D eigenvalue weighted by Crippen LogP contribution is -1.95. The molecule has 28 heavy (non-hydrogen) atoms. The fraction of sp³-hybridized carbons (Fsp3) is 0.190. The van der Waals surface area contributed by atoms with Crippen molar-refractivity contribution in [2.75, 3.05) is 0 Å². The third-order valence-electron chi connectivity index (χ3n) is 4.09. The third-order valence-corrected chi connectivity index (χ3v) is 5.64. The fourth-order valence-corrected chi connectivity index (χ4v) is 3.39. The molecular formula is C21H20Cl2N2O2S. The van der Waals surface area contributed by atoms with Gasteiger partial charge in [-0.05, 0) is 69.3 Å². The Bertz CT molecular complexity index is 992. The van der Waals surface area contributed by atoms with E-state index in [0.29, 0.717) is 11.5 Å². The van der Waals surface area contributed by atoms with Crippen LogP contribution in [0.1, 0.15) is 18.2 Å². The summed E-state index contributed by atoms with van der Waals surface area (Å²) in [7, 11) is 1.88. The van der Waals surface area contributed by atoms with E-state index in [2.05, 4.69) is 5.10 Å². The van der Waals surface area contributed by atoms with E-state index < -0.39 is 0 Å². The van der Waals surface area contributed by atoms with Crippen molar-refractivity contribution in [3.05, 3.63) is 70.0 Å². The molecular weight excluding hydrogens is 415 g/mol. The van der Waals surface area contributed by atoms with Crippen LogP contribution in [0.25, 0.3) is 0 Å². The van der Waals surface area contributed by atoms with E-state index in [1.807, 2.05) is 69.4 Å². The molecule has 0 fully saturated rings. The maximum absolute atomic E-state index is 5.99. The molecule has 7 heteroatoms. The number of allylic oxidation sites excluding steroid dienone is 1. The van der Waals surface area contributed by atoms with E-state index in [4.69, 9.17) is 32.7 Å². The van der Waals surface area contributed by atoms with Crippen LogP contribution < -0.4 is 9.47 Å². The summed E-state index contributed by atoms with van der Waals surface area (Å²) in [5, 5.41) is 4.37. The Morgan fingerprint density at radius 3 is 1.93 bits per heavy atom. The summed E-state index contributed by atoms with van der Waals surface area (Å²) in [6, 6.07) is 15.7. The maximum Gasteiger partial charge on any atom is 0.220 e. The summed E-state index contributed by atoms with van der Waals surface area (Å²) in [5.41, 5.74) is 2.01. The van der Waals surface area contributed by atoms with Gasteiger partial charge in [0.2, 0.25) is 5.88 Å². The molecule has 0 saturated carbocycles. The summed E-state index contributed by atoms with van der Waals surface area (Å²) in [6.45, 7) is 5.70. The van der Waals surface area contributed by atoms with Crippen molar-refractivity contribution in [3.8, 4) is 17.4 Å². The monoisotopic (exact) mass is 434 g/mol. The summed E-state index contributed by atoms with van der Waals surface area (Å²) < 4.78 is 13.4. The molecule has 4 nitrogen and oxygen atoms in total. The summed E-state index contributed by atoms with van der Waals surface area (Å²) in [5.74, 6) is 2.69. The van der Waals surface area contributed by atoms with Crippen LogP contribution in [0.4, 0.5) is 0 Å². The smallest absolute Gasteiger partial charge is 0.220 e. The molecule has 3 rings (SSSR count). The number of benzene rings is 2. The standard InChI is InChI=1S/C21H20Cl2N2O2S/c1-13-14(2)24-25(4)21(13)27-17-7-11-19(12-8-17)28-18-9-5-16(6-10-18)26-15(3)20(22)23/h5-12H,1-4H3. The molecule has 2 aromatic carbocycles. The molecule has 1 heterocycles. The van der Waals surface area contributed by atoms with Crippen molar-refractivity contribution >= 4 is 35.0 Å². The summed E-state index contributed by atoms with van der Waals surface area (Å²) in [4.78, 5) is 2.21. The average Bonchev–Trinajstić information content (AvgIpc) is 2.91. The average molecular weight is 435 g/mol. The second-order valence-electron chi connectivity index (χ2n) is 6.20. The third kappa shape index (κ3) is 5.04. The predicted octanol–water partition coefficient (Wildman–Crippen LogP) is 7.03. The van der Waals surface area contributed by atoms with Crippen LogP contribution in [0.2, 0.25) is 0 Å². The Balaban J connectivity index is 1.65. The van der Waals surface area contributed by atoms with Gasteiger partial charge in [-0.15, -0.1) is 0 Å². The van der Waals surface area contributed by atoms with Gasteiger partial charge in [0.1, 0.15) is 21.7 Å². The van der Waals surface area contributed by atoms with E-state index in [1.165, 1.54) is 0 Å². The second kappa shape index (κ2) is 8.95. The molecule has 0 atom stereocenters. The van der Waals surface area contributed by atoms with Gasteiger partial charge in [-0.25, -0.2) is 4.68 Å². The Morgan fingerprint density at radius 2 is 1.46 bits per heavy atom. The molecule has 3 aromatic rings. The van der Waals surface area contributed by atoms with Gasteiger partial charge >= 0.3 is 0 Å². The zero-order valence-electron chi connectivity index (χ0n) is 16.0. The van der Waals surface area contributed by atoms with Crippen LogP contribution in [0.3, 0.4) is 0 Å². The molecule has 0 N–H and O–H groups in total. The quantitative estimate of drug-likeness (QED) is 0.390. The van der Waals surface area contributed by atoms with Crippen molar-refractivity contribution in [1.82, 2.24) is 9.78 Å². The van der Waals surface area contributed by atoms with E-state index >= 15 is 0 Å². The van der Waals surface area contributed by atoms with E-state index in [0.717, 1.165) is 32.7 Å². The van der Waals surface area contributed by atoms with Crippen LogP contribution in [0.5, 0.6) is 17.4 Å². The van der Waals surface area contributed by atoms with Crippen molar-refractivity contribution in [3.63, 3.8) is 0 Å². The van der Waals surface area contributed by atoms with Crippen LogP contribution in [0.15, 0.2) is 68.6 Å². The van der Waals surface area contributed by atoms with Gasteiger partial charge < -0.3 is 9.47 Å². The highest BCUT2D eigenvalue weighted by Crippen LogP contribution is 2.32. The van der Waals surface area contributed by atoms with Crippen molar-refractivity contribution in [1.29, 1.82) is 0 Å². The first-order valence-corrected chi connectivity index (χ1v) is 10.2. The van der Waals surface area contributed by atoms with Crippen molar-refractivity contribution < 1.29 is 9.47 Å². The van der Waals surface area contributed by atoms with E-state index in [9.17, 15) is 0 Å². The molecule has 0 bridgehead atoms. The lowest BCUT2D eigenvalue weighted by molar-refractivity contribution is 0.427. The van der Waals surface area contributed by atoms with Gasteiger partial charge in [0, 0.05) is 22.4 Å². The van der Waals surface area contributed by atoms with Gasteiger partial charge in [-0.2, -0.15) is 5.10 Å². The first-order valence-electron chi connectivity index (χ1n) is 8.59. The Kier molecular flexibility index (Phi) is 6.60. The van der Waals surface area contributed by atoms with Crippen LogP contribution in [-0.4, -0.2) is 9.78 Å². The van der Waals surface area contributed by atoms with Crippen molar-refractivity contribution in [2.24, 2.45) is 7.05 Å². The highest BCUT2D eigenvalue weighted by Gasteiger charge is 2.11. The topological polar surface area (TPSA) is 36.3 Å². The number of halogens is 2. The molecule has 0 aliphatic rings. The zero-order valence-corrected chi connectivity index (χ0v) is 18.3. The van der Waals surface area contributed by atoms with Gasteiger partial charge in [0.15, 0.2) is 0 Å². The molecule has 1 aromatic heterocycles. The second-order valence-corrected chi connectivity index (χ2v) is 8.30. The van der Waals surface area contributed by atoms with E-state index in [1.54, 1.807) is 23.4 Å². The highest BCUT2D eigenvalue weighted by atomic mass is 35.5. The van der Waals surface area contributed by atoms with Gasteiger partial charge in [0.25, 0.3) is 0 Å². The number of aryl methyl sites for hydroxylation is 2. The Labute approximate surface area is 179 Å². The largest absolute Gasteiger partial charge is 0.460 e. The minimum atomic E-state index is 0.122. The summed E-state index contributed by atoms with van der Waals surface area (Å²) >= 11 is 13.1. The van der Waals surface area contributed by atoms with Crippen molar-refractivity contribution in [2.45, 2.75) is 30.6 Å². The van der Waals surface area contributed by atoms with E-state index in [-0.39, 0.29) is 4.49 Å². The Morgan fingerprint density at radius 1 is 0.929 bits per heavy atom. The molecule has 0 unspecified atom stereocenters. The highest BCUT2D eigenvalue weighted by molar-refractivity contribution is 7.99. The first-order chi connectivity index (χ1) is 13.3. The zero-order chi connectivity index (χ0) is 20.3. The molecule has 0 saturated heterocycles. The number of hydrogen-bond acceptors (Lipinski definition) is 4. The van der Waals surface area contributed by atoms with Crippen LogP contribution in [0, 0.1) is 13.8 Å². The lowest BCUT2D eigenvalue weighted by Gasteiger charge is -2.09. The number of aromatic nitrogens is 2. The van der Waals surface area contributed by atoms with Crippen LogP contribution >= 0.6 is 35.0 Å².